The van der Waals surface area contributed by atoms with E-state index < -0.39 is 0 Å². The zero-order chi connectivity index (χ0) is 18.4. The van der Waals surface area contributed by atoms with Crippen LogP contribution in [0.15, 0.2) is 46.2 Å². The van der Waals surface area contributed by atoms with Crippen molar-refractivity contribution in [1.29, 1.82) is 0 Å². The Hall–Kier alpha value is -2.27. The standard InChI is InChI=1S/C20H22O4S/c1-5-17(21)15-11-13(7-9-19(15)23-3)25-14-8-10-20(24-4)16(12-14)18(22)6-2/h7-12H,5-6H2,1-4H3. The summed E-state index contributed by atoms with van der Waals surface area (Å²) in [6.45, 7) is 3.65. The Labute approximate surface area is 152 Å². The van der Waals surface area contributed by atoms with E-state index in [1.807, 2.05) is 38.1 Å². The Morgan fingerprint density at radius 3 is 1.52 bits per heavy atom. The SMILES string of the molecule is CCC(=O)c1cc(Sc2ccc(OC)c(C(=O)CC)c2)ccc1OC. The first-order valence-electron chi connectivity index (χ1n) is 8.14. The molecule has 0 atom stereocenters. The summed E-state index contributed by atoms with van der Waals surface area (Å²) in [5.41, 5.74) is 1.15. The van der Waals surface area contributed by atoms with Gasteiger partial charge in [-0.1, -0.05) is 25.6 Å². The third kappa shape index (κ3) is 4.42. The average molecular weight is 358 g/mol. The molecule has 0 spiro atoms. The molecule has 0 bridgehead atoms. The molecule has 0 aliphatic carbocycles. The summed E-state index contributed by atoms with van der Waals surface area (Å²) in [6.07, 6.45) is 0.838. The molecule has 0 aromatic heterocycles. The minimum atomic E-state index is 0.0379. The summed E-state index contributed by atoms with van der Waals surface area (Å²) in [5, 5.41) is 0. The van der Waals surface area contributed by atoms with Gasteiger partial charge in [0.1, 0.15) is 11.5 Å². The van der Waals surface area contributed by atoms with E-state index in [-0.39, 0.29) is 11.6 Å². The van der Waals surface area contributed by atoms with Gasteiger partial charge in [0.25, 0.3) is 0 Å². The molecule has 5 heteroatoms. The lowest BCUT2D eigenvalue weighted by Crippen LogP contribution is -2.01. The molecule has 2 rings (SSSR count). The second-order valence-corrected chi connectivity index (χ2v) is 6.53. The smallest absolute Gasteiger partial charge is 0.166 e. The number of benzene rings is 2. The van der Waals surface area contributed by atoms with E-state index in [9.17, 15) is 9.59 Å². The average Bonchev–Trinajstić information content (AvgIpc) is 2.66. The summed E-state index contributed by atoms with van der Waals surface area (Å²) in [4.78, 5) is 26.1. The van der Waals surface area contributed by atoms with Crippen LogP contribution < -0.4 is 9.47 Å². The molecule has 0 heterocycles. The van der Waals surface area contributed by atoms with Crippen LogP contribution in [0.3, 0.4) is 0 Å². The number of ketones is 2. The zero-order valence-corrected chi connectivity index (χ0v) is 15.7. The molecule has 0 radical (unpaired) electrons. The van der Waals surface area contributed by atoms with Crippen molar-refractivity contribution in [2.45, 2.75) is 36.5 Å². The first-order chi connectivity index (χ1) is 12.0. The highest BCUT2D eigenvalue weighted by Crippen LogP contribution is 2.34. The molecule has 0 saturated carbocycles. The van der Waals surface area contributed by atoms with Gasteiger partial charge in [0.15, 0.2) is 11.6 Å². The molecule has 0 unspecified atom stereocenters. The number of carbonyl (C=O) groups excluding carboxylic acids is 2. The van der Waals surface area contributed by atoms with Gasteiger partial charge in [-0.05, 0) is 36.4 Å². The maximum Gasteiger partial charge on any atom is 0.166 e. The number of ether oxygens (including phenoxy) is 2. The van der Waals surface area contributed by atoms with Gasteiger partial charge in [0, 0.05) is 22.6 Å². The lowest BCUT2D eigenvalue weighted by molar-refractivity contribution is 0.0977. The van der Waals surface area contributed by atoms with Crippen molar-refractivity contribution in [1.82, 2.24) is 0 Å². The summed E-state index contributed by atoms with van der Waals surface area (Å²) in [7, 11) is 3.11. The van der Waals surface area contributed by atoms with E-state index in [4.69, 9.17) is 9.47 Å². The molecule has 0 fully saturated rings. The van der Waals surface area contributed by atoms with Gasteiger partial charge >= 0.3 is 0 Å². The Kier molecular flexibility index (Phi) is 6.65. The largest absolute Gasteiger partial charge is 0.496 e. The van der Waals surface area contributed by atoms with Crippen molar-refractivity contribution in [2.75, 3.05) is 14.2 Å². The minimum absolute atomic E-state index is 0.0379. The Morgan fingerprint density at radius 1 is 0.800 bits per heavy atom. The number of rotatable bonds is 8. The Bertz CT molecular complexity index is 718. The second-order valence-electron chi connectivity index (χ2n) is 5.38. The van der Waals surface area contributed by atoms with Crippen molar-refractivity contribution in [3.63, 3.8) is 0 Å². The van der Waals surface area contributed by atoms with Gasteiger partial charge in [-0.3, -0.25) is 9.59 Å². The van der Waals surface area contributed by atoms with Crippen LogP contribution in [0.1, 0.15) is 47.4 Å². The number of Topliss-reactive ketones (excluding diaryl/α,β-unsaturated/α-hetero) is 2. The van der Waals surface area contributed by atoms with Gasteiger partial charge in [-0.15, -0.1) is 0 Å². The molecule has 2 aromatic rings. The lowest BCUT2D eigenvalue weighted by atomic mass is 10.1. The molecule has 2 aromatic carbocycles. The Balaban J connectivity index is 2.36. The van der Waals surface area contributed by atoms with Gasteiger partial charge in [-0.2, -0.15) is 0 Å². The molecular formula is C20H22O4S. The first kappa shape index (κ1) is 19.1. The normalized spacial score (nSPS) is 10.4. The highest BCUT2D eigenvalue weighted by molar-refractivity contribution is 7.99. The van der Waals surface area contributed by atoms with E-state index in [0.717, 1.165) is 9.79 Å². The summed E-state index contributed by atoms with van der Waals surface area (Å²) < 4.78 is 10.6. The van der Waals surface area contributed by atoms with Crippen LogP contribution in [0.5, 0.6) is 11.5 Å². The molecular weight excluding hydrogens is 336 g/mol. The van der Waals surface area contributed by atoms with Crippen LogP contribution >= 0.6 is 11.8 Å². The van der Waals surface area contributed by atoms with E-state index in [0.29, 0.717) is 35.5 Å². The van der Waals surface area contributed by atoms with E-state index in [1.165, 1.54) is 11.8 Å². The molecule has 0 N–H and O–H groups in total. The monoisotopic (exact) mass is 358 g/mol. The third-order valence-electron chi connectivity index (χ3n) is 3.82. The summed E-state index contributed by atoms with van der Waals surface area (Å²) in [6, 6.07) is 11.1. The molecule has 0 aliphatic heterocycles. The number of carbonyl (C=O) groups is 2. The van der Waals surface area contributed by atoms with Crippen molar-refractivity contribution >= 4 is 23.3 Å². The van der Waals surface area contributed by atoms with Crippen molar-refractivity contribution in [3.8, 4) is 11.5 Å². The molecule has 0 aliphatic rings. The fraction of sp³-hybridized carbons (Fsp3) is 0.300. The predicted octanol–water partition coefficient (Wildman–Crippen LogP) is 5.04. The summed E-state index contributed by atoms with van der Waals surface area (Å²) in [5.74, 6) is 1.23. The number of hydrogen-bond acceptors (Lipinski definition) is 5. The van der Waals surface area contributed by atoms with Crippen molar-refractivity contribution in [3.05, 3.63) is 47.5 Å². The van der Waals surface area contributed by atoms with E-state index >= 15 is 0 Å². The maximum atomic E-state index is 12.1. The Morgan fingerprint density at radius 2 is 1.20 bits per heavy atom. The van der Waals surface area contributed by atoms with Crippen LogP contribution in [0.25, 0.3) is 0 Å². The van der Waals surface area contributed by atoms with E-state index in [1.54, 1.807) is 26.4 Å². The van der Waals surface area contributed by atoms with Crippen LogP contribution in [0, 0.1) is 0 Å². The van der Waals surface area contributed by atoms with Crippen molar-refractivity contribution < 1.29 is 19.1 Å². The quantitative estimate of drug-likeness (QED) is 0.619. The highest BCUT2D eigenvalue weighted by atomic mass is 32.2. The molecule has 0 amide bonds. The van der Waals surface area contributed by atoms with Crippen LogP contribution in [0.4, 0.5) is 0 Å². The molecule has 0 saturated heterocycles. The van der Waals surface area contributed by atoms with Gasteiger partial charge in [0.05, 0.1) is 25.3 Å². The zero-order valence-electron chi connectivity index (χ0n) is 14.9. The van der Waals surface area contributed by atoms with Gasteiger partial charge < -0.3 is 9.47 Å². The van der Waals surface area contributed by atoms with Crippen LogP contribution in [-0.2, 0) is 0 Å². The highest BCUT2D eigenvalue weighted by Gasteiger charge is 2.14. The number of hydrogen-bond donors (Lipinski definition) is 0. The second kappa shape index (κ2) is 8.72. The maximum absolute atomic E-state index is 12.1. The van der Waals surface area contributed by atoms with Gasteiger partial charge in [0.2, 0.25) is 0 Å². The van der Waals surface area contributed by atoms with Crippen molar-refractivity contribution in [2.24, 2.45) is 0 Å². The predicted molar refractivity (Wildman–Crippen MR) is 99.4 cm³/mol. The molecule has 4 nitrogen and oxygen atoms in total. The summed E-state index contributed by atoms with van der Waals surface area (Å²) >= 11 is 1.49. The fourth-order valence-corrected chi connectivity index (χ4v) is 3.35. The first-order valence-corrected chi connectivity index (χ1v) is 8.96. The molecule has 132 valence electrons. The fourth-order valence-electron chi connectivity index (χ4n) is 2.45. The van der Waals surface area contributed by atoms with E-state index in [2.05, 4.69) is 0 Å². The number of methoxy groups -OCH3 is 2. The lowest BCUT2D eigenvalue weighted by Gasteiger charge is -2.11. The van der Waals surface area contributed by atoms with Gasteiger partial charge in [-0.25, -0.2) is 0 Å². The van der Waals surface area contributed by atoms with Crippen LogP contribution in [-0.4, -0.2) is 25.8 Å². The third-order valence-corrected chi connectivity index (χ3v) is 4.80. The molecule has 25 heavy (non-hydrogen) atoms. The topological polar surface area (TPSA) is 52.6 Å². The minimum Gasteiger partial charge on any atom is -0.496 e. The van der Waals surface area contributed by atoms with Crippen LogP contribution in [0.2, 0.25) is 0 Å².